The maximum atomic E-state index is 12.3. The minimum Gasteiger partial charge on any atom is -0.485 e. The molecule has 5 nitrogen and oxygen atoms in total. The number of benzene rings is 2. The Bertz CT molecular complexity index is 891. The van der Waals surface area contributed by atoms with Gasteiger partial charge in [-0.25, -0.2) is 5.43 Å². The van der Waals surface area contributed by atoms with Crippen molar-refractivity contribution in [2.75, 3.05) is 6.61 Å². The van der Waals surface area contributed by atoms with E-state index in [0.717, 1.165) is 5.56 Å². The van der Waals surface area contributed by atoms with Gasteiger partial charge in [0.2, 0.25) is 6.10 Å². The van der Waals surface area contributed by atoms with Crippen molar-refractivity contribution in [2.24, 2.45) is 5.10 Å². The van der Waals surface area contributed by atoms with Gasteiger partial charge in [-0.1, -0.05) is 62.2 Å². The number of carbonyl (C=O) groups excluding carboxylic acids is 1. The Morgan fingerprint density at radius 3 is 2.74 bits per heavy atom. The van der Waals surface area contributed by atoms with Gasteiger partial charge < -0.3 is 9.47 Å². The minimum atomic E-state index is -0.792. The lowest BCUT2D eigenvalue weighted by Gasteiger charge is -2.27. The summed E-state index contributed by atoms with van der Waals surface area (Å²) in [7, 11) is 0. The van der Waals surface area contributed by atoms with Gasteiger partial charge in [0.1, 0.15) is 6.61 Å². The highest BCUT2D eigenvalue weighted by Crippen LogP contribution is 2.36. The molecule has 1 aliphatic rings. The predicted octanol–water partition coefficient (Wildman–Crippen LogP) is 4.58. The molecule has 0 fully saturated rings. The first-order chi connectivity index (χ1) is 12.8. The molecule has 27 heavy (non-hydrogen) atoms. The molecule has 7 heteroatoms. The summed E-state index contributed by atoms with van der Waals surface area (Å²) in [6, 6.07) is 10.9. The lowest BCUT2D eigenvalue weighted by molar-refractivity contribution is -0.130. The Labute approximate surface area is 168 Å². The second kappa shape index (κ2) is 7.79. The lowest BCUT2D eigenvalue weighted by atomic mass is 9.87. The monoisotopic (exact) mass is 406 g/mol. The summed E-state index contributed by atoms with van der Waals surface area (Å²) in [4.78, 5) is 12.3. The summed E-state index contributed by atoms with van der Waals surface area (Å²) in [5.74, 6) is 0.771. The Morgan fingerprint density at radius 2 is 2.00 bits per heavy atom. The van der Waals surface area contributed by atoms with Crippen molar-refractivity contribution in [3.8, 4) is 11.5 Å². The summed E-state index contributed by atoms with van der Waals surface area (Å²) in [6.45, 7) is 6.44. The fraction of sp³-hybridized carbons (Fsp3) is 0.300. The maximum Gasteiger partial charge on any atom is 0.284 e. The van der Waals surface area contributed by atoms with E-state index in [9.17, 15) is 4.79 Å². The second-order valence-corrected chi connectivity index (χ2v) is 7.99. The van der Waals surface area contributed by atoms with Crippen LogP contribution in [0.5, 0.6) is 11.5 Å². The molecule has 0 aromatic heterocycles. The van der Waals surface area contributed by atoms with E-state index < -0.39 is 12.0 Å². The number of fused-ring (bicyclic) bond motifs is 1. The van der Waals surface area contributed by atoms with Crippen LogP contribution >= 0.6 is 23.2 Å². The number of amides is 1. The molecule has 1 amide bonds. The molecule has 0 radical (unpaired) electrons. The Hall–Kier alpha value is -2.24. The predicted molar refractivity (Wildman–Crippen MR) is 107 cm³/mol. The maximum absolute atomic E-state index is 12.3. The average Bonchev–Trinajstić information content (AvgIpc) is 2.63. The van der Waals surface area contributed by atoms with Crippen molar-refractivity contribution in [3.63, 3.8) is 0 Å². The Morgan fingerprint density at radius 1 is 1.22 bits per heavy atom. The van der Waals surface area contributed by atoms with Crippen LogP contribution < -0.4 is 14.9 Å². The molecule has 1 aliphatic heterocycles. The molecule has 1 heterocycles. The van der Waals surface area contributed by atoms with Crippen molar-refractivity contribution in [1.29, 1.82) is 0 Å². The van der Waals surface area contributed by atoms with Crippen molar-refractivity contribution < 1.29 is 14.3 Å². The molecule has 0 saturated carbocycles. The molecule has 1 atom stereocenters. The van der Waals surface area contributed by atoms with Crippen molar-refractivity contribution in [3.05, 3.63) is 57.6 Å². The number of halogens is 2. The first-order valence-electron chi connectivity index (χ1n) is 8.46. The SMILES string of the molecule is CC(C)(C)c1ccc2c(c1)OC(C(=O)N/N=C/c1cccc(Cl)c1Cl)CO2. The van der Waals surface area contributed by atoms with Gasteiger partial charge in [-0.3, -0.25) is 4.79 Å². The van der Waals surface area contributed by atoms with E-state index in [1.54, 1.807) is 18.2 Å². The van der Waals surface area contributed by atoms with Gasteiger partial charge in [0.05, 0.1) is 16.3 Å². The fourth-order valence-electron chi connectivity index (χ4n) is 2.53. The normalized spacial score (nSPS) is 16.4. The zero-order valence-electron chi connectivity index (χ0n) is 15.3. The summed E-state index contributed by atoms with van der Waals surface area (Å²) in [5, 5.41) is 4.72. The first kappa shape index (κ1) is 19.5. The Kier molecular flexibility index (Phi) is 5.63. The van der Waals surface area contributed by atoms with E-state index in [1.165, 1.54) is 6.21 Å². The van der Waals surface area contributed by atoms with Gasteiger partial charge in [0.15, 0.2) is 11.5 Å². The second-order valence-electron chi connectivity index (χ2n) is 7.21. The molecular weight excluding hydrogens is 387 g/mol. The molecule has 1 unspecified atom stereocenters. The topological polar surface area (TPSA) is 59.9 Å². The first-order valence-corrected chi connectivity index (χ1v) is 9.22. The standard InChI is InChI=1S/C20H20Cl2N2O3/c1-20(2,3)13-7-8-15-16(9-13)27-17(11-26-15)19(25)24-23-10-12-5-4-6-14(21)18(12)22/h4-10,17H,11H2,1-3H3,(H,24,25)/b23-10+. The number of ether oxygens (including phenoxy) is 2. The van der Waals surface area contributed by atoms with Crippen LogP contribution in [0.2, 0.25) is 10.0 Å². The van der Waals surface area contributed by atoms with Gasteiger partial charge in [-0.15, -0.1) is 0 Å². The summed E-state index contributed by atoms with van der Waals surface area (Å²) in [5.41, 5.74) is 4.11. The van der Waals surface area contributed by atoms with E-state index in [0.29, 0.717) is 27.1 Å². The van der Waals surface area contributed by atoms with Crippen LogP contribution in [0.4, 0.5) is 0 Å². The largest absolute Gasteiger partial charge is 0.485 e. The van der Waals surface area contributed by atoms with Crippen LogP contribution in [0.25, 0.3) is 0 Å². The zero-order chi connectivity index (χ0) is 19.6. The van der Waals surface area contributed by atoms with Crippen LogP contribution in [0, 0.1) is 0 Å². The molecule has 1 N–H and O–H groups in total. The zero-order valence-corrected chi connectivity index (χ0v) is 16.8. The third-order valence-corrected chi connectivity index (χ3v) is 4.95. The van der Waals surface area contributed by atoms with Crippen LogP contribution in [0.15, 0.2) is 41.5 Å². The van der Waals surface area contributed by atoms with E-state index in [1.807, 2.05) is 18.2 Å². The van der Waals surface area contributed by atoms with Crippen LogP contribution in [-0.4, -0.2) is 24.8 Å². The number of hydrazone groups is 1. The minimum absolute atomic E-state index is 0.0336. The molecule has 0 saturated heterocycles. The van der Waals surface area contributed by atoms with Gasteiger partial charge in [-0.05, 0) is 29.2 Å². The lowest BCUT2D eigenvalue weighted by Crippen LogP contribution is -2.42. The summed E-state index contributed by atoms with van der Waals surface area (Å²) in [6.07, 6.45) is 0.640. The summed E-state index contributed by atoms with van der Waals surface area (Å²) < 4.78 is 11.5. The van der Waals surface area contributed by atoms with Crippen molar-refractivity contribution >= 4 is 35.3 Å². The van der Waals surface area contributed by atoms with Crippen molar-refractivity contribution in [2.45, 2.75) is 32.3 Å². The highest BCUT2D eigenvalue weighted by Gasteiger charge is 2.28. The quantitative estimate of drug-likeness (QED) is 0.599. The number of carbonyl (C=O) groups is 1. The molecule has 0 aliphatic carbocycles. The van der Waals surface area contributed by atoms with Gasteiger partial charge in [0, 0.05) is 5.56 Å². The van der Waals surface area contributed by atoms with E-state index in [4.69, 9.17) is 32.7 Å². The van der Waals surface area contributed by atoms with Crippen LogP contribution in [-0.2, 0) is 10.2 Å². The smallest absolute Gasteiger partial charge is 0.284 e. The van der Waals surface area contributed by atoms with Crippen LogP contribution in [0.3, 0.4) is 0 Å². The van der Waals surface area contributed by atoms with Crippen LogP contribution in [0.1, 0.15) is 31.9 Å². The molecule has 0 bridgehead atoms. The number of hydrogen-bond acceptors (Lipinski definition) is 4. The molecule has 0 spiro atoms. The van der Waals surface area contributed by atoms with E-state index in [-0.39, 0.29) is 12.0 Å². The number of nitrogens with zero attached hydrogens (tertiary/aromatic N) is 1. The third-order valence-electron chi connectivity index (χ3n) is 4.12. The molecule has 142 valence electrons. The third kappa shape index (κ3) is 4.54. The average molecular weight is 407 g/mol. The highest BCUT2D eigenvalue weighted by molar-refractivity contribution is 6.43. The van der Waals surface area contributed by atoms with Crippen molar-refractivity contribution in [1.82, 2.24) is 5.43 Å². The van der Waals surface area contributed by atoms with E-state index >= 15 is 0 Å². The highest BCUT2D eigenvalue weighted by atomic mass is 35.5. The molecule has 3 rings (SSSR count). The fourth-order valence-corrected chi connectivity index (χ4v) is 2.88. The number of nitrogens with one attached hydrogen (secondary N) is 1. The number of hydrogen-bond donors (Lipinski definition) is 1. The van der Waals surface area contributed by atoms with E-state index in [2.05, 4.69) is 31.3 Å². The molecular formula is C20H20Cl2N2O3. The number of rotatable bonds is 3. The molecule has 2 aromatic rings. The summed E-state index contributed by atoms with van der Waals surface area (Å²) >= 11 is 12.0. The Balaban J connectivity index is 1.67. The van der Waals surface area contributed by atoms with Gasteiger partial charge >= 0.3 is 0 Å². The molecule has 2 aromatic carbocycles. The van der Waals surface area contributed by atoms with Gasteiger partial charge in [-0.2, -0.15) is 5.10 Å². The van der Waals surface area contributed by atoms with Gasteiger partial charge in [0.25, 0.3) is 5.91 Å².